The molecule has 106 valence electrons. The zero-order valence-electron chi connectivity index (χ0n) is 12.0. The average molecular weight is 285 g/mol. The van der Waals surface area contributed by atoms with E-state index in [0.29, 0.717) is 0 Å². The van der Waals surface area contributed by atoms with Crippen LogP contribution in [-0.4, -0.2) is 16.9 Å². The number of rotatable bonds is 4. The summed E-state index contributed by atoms with van der Waals surface area (Å²) < 4.78 is 0. The van der Waals surface area contributed by atoms with Crippen LogP contribution in [0.25, 0.3) is 0 Å². The third-order valence-electron chi connectivity index (χ3n) is 3.13. The predicted octanol–water partition coefficient (Wildman–Crippen LogP) is 3.95. The van der Waals surface area contributed by atoms with Crippen LogP contribution in [0.5, 0.6) is 0 Å². The molecule has 0 spiro atoms. The Balaban J connectivity index is 1.96. The summed E-state index contributed by atoms with van der Waals surface area (Å²) in [7, 11) is 0. The lowest BCUT2D eigenvalue weighted by Crippen LogP contribution is -2.02. The Hall–Kier alpha value is -3.07. The molecule has 1 aromatic heterocycles. The van der Waals surface area contributed by atoms with Crippen LogP contribution in [0.15, 0.2) is 95.3 Å². The molecule has 0 saturated carbocycles. The van der Waals surface area contributed by atoms with E-state index in [-0.39, 0.29) is 0 Å². The number of nitrogens with zero attached hydrogens (tertiary/aromatic N) is 3. The van der Waals surface area contributed by atoms with Crippen LogP contribution >= 0.6 is 0 Å². The fourth-order valence-electron chi connectivity index (χ4n) is 2.07. The van der Waals surface area contributed by atoms with E-state index in [0.717, 1.165) is 22.5 Å². The maximum Gasteiger partial charge on any atom is 0.100 e. The Morgan fingerprint density at radius 3 is 1.86 bits per heavy atom. The quantitative estimate of drug-likeness (QED) is 0.528. The van der Waals surface area contributed by atoms with E-state index in [9.17, 15) is 0 Å². The Bertz CT molecular complexity index is 722. The first-order valence-corrected chi connectivity index (χ1v) is 7.06. The van der Waals surface area contributed by atoms with E-state index in [1.54, 1.807) is 12.4 Å². The minimum Gasteiger partial charge on any atom is -0.255 e. The van der Waals surface area contributed by atoms with E-state index >= 15 is 0 Å². The molecule has 3 heteroatoms. The van der Waals surface area contributed by atoms with Crippen LogP contribution in [0.3, 0.4) is 0 Å². The van der Waals surface area contributed by atoms with Crippen LogP contribution in [0, 0.1) is 0 Å². The number of hydrogen-bond acceptors (Lipinski definition) is 3. The number of pyridine rings is 1. The SMILES string of the molecule is C(=N\N=C(c1ccccc1)c1ccccc1)/c1ccccn1. The summed E-state index contributed by atoms with van der Waals surface area (Å²) >= 11 is 0. The van der Waals surface area contributed by atoms with Gasteiger partial charge in [0.05, 0.1) is 11.9 Å². The van der Waals surface area contributed by atoms with Crippen molar-refractivity contribution in [3.63, 3.8) is 0 Å². The molecule has 22 heavy (non-hydrogen) atoms. The highest BCUT2D eigenvalue weighted by Crippen LogP contribution is 2.11. The standard InChI is InChI=1S/C19H15N3/c1-3-9-16(10-4-1)19(17-11-5-2-6-12-17)22-21-15-18-13-7-8-14-20-18/h1-15H/b21-15+. The molecule has 0 saturated heterocycles. The molecule has 3 aromatic rings. The lowest BCUT2D eigenvalue weighted by molar-refractivity contribution is 1.22. The van der Waals surface area contributed by atoms with Gasteiger partial charge in [0.25, 0.3) is 0 Å². The van der Waals surface area contributed by atoms with Crippen molar-refractivity contribution in [3.05, 3.63) is 102 Å². The second kappa shape index (κ2) is 7.09. The fourth-order valence-corrected chi connectivity index (χ4v) is 2.07. The maximum atomic E-state index is 4.41. The third kappa shape index (κ3) is 3.52. The smallest absolute Gasteiger partial charge is 0.100 e. The Morgan fingerprint density at radius 2 is 1.32 bits per heavy atom. The minimum absolute atomic E-state index is 0.784. The molecular weight excluding hydrogens is 270 g/mol. The Kier molecular flexibility index (Phi) is 4.47. The van der Waals surface area contributed by atoms with E-state index < -0.39 is 0 Å². The molecule has 0 aliphatic carbocycles. The van der Waals surface area contributed by atoms with Gasteiger partial charge >= 0.3 is 0 Å². The van der Waals surface area contributed by atoms with E-state index in [2.05, 4.69) is 15.2 Å². The molecule has 0 bridgehead atoms. The Labute approximate surface area is 129 Å². The molecule has 2 aromatic carbocycles. The van der Waals surface area contributed by atoms with Gasteiger partial charge in [0, 0.05) is 17.3 Å². The molecule has 0 aliphatic heterocycles. The lowest BCUT2D eigenvalue weighted by atomic mass is 10.0. The first-order valence-electron chi connectivity index (χ1n) is 7.06. The van der Waals surface area contributed by atoms with Gasteiger partial charge in [-0.05, 0) is 12.1 Å². The van der Waals surface area contributed by atoms with Crippen molar-refractivity contribution in [1.82, 2.24) is 4.98 Å². The van der Waals surface area contributed by atoms with Gasteiger partial charge < -0.3 is 0 Å². The summed E-state index contributed by atoms with van der Waals surface area (Å²) in [5, 5.41) is 8.60. The second-order valence-corrected chi connectivity index (χ2v) is 4.68. The summed E-state index contributed by atoms with van der Waals surface area (Å²) in [6.45, 7) is 0. The molecule has 0 unspecified atom stereocenters. The van der Waals surface area contributed by atoms with Crippen LogP contribution in [0.1, 0.15) is 16.8 Å². The predicted molar refractivity (Wildman–Crippen MR) is 90.4 cm³/mol. The van der Waals surface area contributed by atoms with E-state index in [4.69, 9.17) is 0 Å². The zero-order valence-corrected chi connectivity index (χ0v) is 12.0. The van der Waals surface area contributed by atoms with Gasteiger partial charge in [-0.15, -0.1) is 5.10 Å². The number of aromatic nitrogens is 1. The van der Waals surface area contributed by atoms with Gasteiger partial charge in [0.2, 0.25) is 0 Å². The molecule has 3 rings (SSSR count). The molecule has 0 amide bonds. The molecule has 0 aliphatic rings. The molecule has 3 nitrogen and oxygen atoms in total. The maximum absolute atomic E-state index is 4.41. The third-order valence-corrected chi connectivity index (χ3v) is 3.13. The molecule has 0 fully saturated rings. The summed E-state index contributed by atoms with van der Waals surface area (Å²) in [4.78, 5) is 4.20. The summed E-state index contributed by atoms with van der Waals surface area (Å²) in [5.41, 5.74) is 3.69. The van der Waals surface area contributed by atoms with Crippen LogP contribution < -0.4 is 0 Å². The highest BCUT2D eigenvalue weighted by atomic mass is 15.2. The zero-order chi connectivity index (χ0) is 15.0. The van der Waals surface area contributed by atoms with Gasteiger partial charge in [-0.2, -0.15) is 5.10 Å². The normalized spacial score (nSPS) is 10.5. The van der Waals surface area contributed by atoms with Crippen LogP contribution in [-0.2, 0) is 0 Å². The van der Waals surface area contributed by atoms with Crippen molar-refractivity contribution in [2.45, 2.75) is 0 Å². The fraction of sp³-hybridized carbons (Fsp3) is 0. The molecule has 1 heterocycles. The largest absolute Gasteiger partial charge is 0.255 e. The van der Waals surface area contributed by atoms with E-state index in [1.165, 1.54) is 0 Å². The average Bonchev–Trinajstić information content (AvgIpc) is 2.61. The summed E-state index contributed by atoms with van der Waals surface area (Å²) in [5.74, 6) is 0. The van der Waals surface area contributed by atoms with Gasteiger partial charge in [-0.1, -0.05) is 66.7 Å². The first-order chi connectivity index (χ1) is 10.9. The van der Waals surface area contributed by atoms with Crippen LogP contribution in [0.4, 0.5) is 0 Å². The molecular formula is C19H15N3. The molecule has 0 N–H and O–H groups in total. The van der Waals surface area contributed by atoms with Crippen LogP contribution in [0.2, 0.25) is 0 Å². The number of benzene rings is 2. The van der Waals surface area contributed by atoms with Crippen molar-refractivity contribution in [2.24, 2.45) is 10.2 Å². The highest BCUT2D eigenvalue weighted by Gasteiger charge is 2.05. The topological polar surface area (TPSA) is 37.6 Å². The van der Waals surface area contributed by atoms with Crippen molar-refractivity contribution in [1.29, 1.82) is 0 Å². The van der Waals surface area contributed by atoms with Crippen molar-refractivity contribution in [3.8, 4) is 0 Å². The van der Waals surface area contributed by atoms with Gasteiger partial charge in [0.1, 0.15) is 5.71 Å². The highest BCUT2D eigenvalue weighted by molar-refractivity contribution is 6.12. The van der Waals surface area contributed by atoms with Crippen molar-refractivity contribution >= 4 is 11.9 Å². The van der Waals surface area contributed by atoms with E-state index in [1.807, 2.05) is 78.9 Å². The first kappa shape index (κ1) is 13.9. The molecule has 0 atom stereocenters. The van der Waals surface area contributed by atoms with Crippen molar-refractivity contribution in [2.75, 3.05) is 0 Å². The lowest BCUT2D eigenvalue weighted by Gasteiger charge is -2.04. The monoisotopic (exact) mass is 285 g/mol. The second-order valence-electron chi connectivity index (χ2n) is 4.68. The molecule has 0 radical (unpaired) electrons. The summed E-state index contributed by atoms with van der Waals surface area (Å²) in [6.07, 6.45) is 3.40. The summed E-state index contributed by atoms with van der Waals surface area (Å²) in [6, 6.07) is 25.8. The van der Waals surface area contributed by atoms with Crippen molar-refractivity contribution < 1.29 is 0 Å². The Morgan fingerprint density at radius 1 is 0.727 bits per heavy atom. The minimum atomic E-state index is 0.784. The van der Waals surface area contributed by atoms with Gasteiger partial charge in [-0.25, -0.2) is 0 Å². The van der Waals surface area contributed by atoms with Gasteiger partial charge in [-0.3, -0.25) is 4.98 Å². The number of hydrogen-bond donors (Lipinski definition) is 0. The van der Waals surface area contributed by atoms with Gasteiger partial charge in [0.15, 0.2) is 0 Å².